The van der Waals surface area contributed by atoms with E-state index in [4.69, 9.17) is 4.74 Å². The van der Waals surface area contributed by atoms with E-state index in [1.54, 1.807) is 13.1 Å². The molecule has 0 spiro atoms. The van der Waals surface area contributed by atoms with Crippen molar-refractivity contribution in [3.8, 4) is 0 Å². The van der Waals surface area contributed by atoms with Gasteiger partial charge in [0.15, 0.2) is 6.10 Å². The van der Waals surface area contributed by atoms with E-state index < -0.39 is 6.10 Å². The predicted octanol–water partition coefficient (Wildman–Crippen LogP) is 2.46. The second-order valence-corrected chi connectivity index (χ2v) is 6.09. The first kappa shape index (κ1) is 16.5. The molecule has 0 saturated heterocycles. The van der Waals surface area contributed by atoms with Crippen LogP contribution in [0.15, 0.2) is 24.4 Å². The Bertz CT molecular complexity index is 504. The van der Waals surface area contributed by atoms with Gasteiger partial charge in [-0.1, -0.05) is 25.8 Å². The van der Waals surface area contributed by atoms with Crippen LogP contribution in [0.3, 0.4) is 0 Å². The van der Waals surface area contributed by atoms with E-state index in [0.29, 0.717) is 12.5 Å². The molecule has 0 unspecified atom stereocenters. The average molecular weight is 304 g/mol. The number of pyridine rings is 1. The van der Waals surface area contributed by atoms with Crippen LogP contribution in [0, 0.1) is 11.8 Å². The Kier molecular flexibility index (Phi) is 5.92. The second-order valence-electron chi connectivity index (χ2n) is 6.09. The maximum atomic E-state index is 12.1. The minimum absolute atomic E-state index is 0.0604. The zero-order valence-electron chi connectivity index (χ0n) is 13.2. The second kappa shape index (κ2) is 7.92. The normalized spacial score (nSPS) is 22.6. The van der Waals surface area contributed by atoms with Crippen molar-refractivity contribution in [2.24, 2.45) is 11.8 Å². The summed E-state index contributed by atoms with van der Waals surface area (Å²) in [5, 5.41) is 2.74. The molecule has 0 aliphatic heterocycles. The van der Waals surface area contributed by atoms with Gasteiger partial charge in [-0.15, -0.1) is 0 Å². The molecule has 1 aromatic heterocycles. The third-order valence-electron chi connectivity index (χ3n) is 4.10. The molecule has 0 radical (unpaired) electrons. The molecule has 2 rings (SSSR count). The van der Waals surface area contributed by atoms with Crippen molar-refractivity contribution in [3.05, 3.63) is 30.1 Å². The number of carbonyl (C=O) groups is 2. The van der Waals surface area contributed by atoms with Crippen LogP contribution in [0.25, 0.3) is 0 Å². The molecule has 1 amide bonds. The highest BCUT2D eigenvalue weighted by atomic mass is 16.5. The van der Waals surface area contributed by atoms with Gasteiger partial charge in [0, 0.05) is 6.20 Å². The quantitative estimate of drug-likeness (QED) is 0.848. The van der Waals surface area contributed by atoms with E-state index >= 15 is 0 Å². The lowest BCUT2D eigenvalue weighted by Gasteiger charge is -2.26. The summed E-state index contributed by atoms with van der Waals surface area (Å²) in [4.78, 5) is 28.2. The summed E-state index contributed by atoms with van der Waals surface area (Å²) in [5.41, 5.74) is 0.774. The number of aromatic nitrogens is 1. The lowest BCUT2D eigenvalue weighted by molar-refractivity contribution is -0.160. The molecule has 120 valence electrons. The fourth-order valence-electron chi connectivity index (χ4n) is 2.80. The Hall–Kier alpha value is -1.91. The molecule has 0 aromatic carbocycles. The molecule has 5 nitrogen and oxygen atoms in total. The van der Waals surface area contributed by atoms with Gasteiger partial charge in [0.05, 0.1) is 18.2 Å². The number of esters is 1. The van der Waals surface area contributed by atoms with Crippen LogP contribution in [0.2, 0.25) is 0 Å². The summed E-state index contributed by atoms with van der Waals surface area (Å²) in [5.74, 6) is -0.0377. The van der Waals surface area contributed by atoms with Crippen molar-refractivity contribution >= 4 is 11.9 Å². The average Bonchev–Trinajstić information content (AvgIpc) is 2.53. The number of hydrogen-bond donors (Lipinski definition) is 1. The third-order valence-corrected chi connectivity index (χ3v) is 4.10. The molecule has 1 heterocycles. The van der Waals surface area contributed by atoms with E-state index in [9.17, 15) is 9.59 Å². The van der Waals surface area contributed by atoms with Gasteiger partial charge in [-0.2, -0.15) is 0 Å². The van der Waals surface area contributed by atoms with Crippen LogP contribution < -0.4 is 5.32 Å². The summed E-state index contributed by atoms with van der Waals surface area (Å²) in [7, 11) is 0. The largest absolute Gasteiger partial charge is 0.452 e. The summed E-state index contributed by atoms with van der Waals surface area (Å²) < 4.78 is 5.32. The lowest BCUT2D eigenvalue weighted by Crippen LogP contribution is -2.37. The Labute approximate surface area is 131 Å². The van der Waals surface area contributed by atoms with E-state index in [1.165, 1.54) is 6.42 Å². The van der Waals surface area contributed by atoms with Crippen LogP contribution in [0.4, 0.5) is 0 Å². The van der Waals surface area contributed by atoms with E-state index in [1.807, 2.05) is 18.2 Å². The molecule has 3 atom stereocenters. The monoisotopic (exact) mass is 304 g/mol. The summed E-state index contributed by atoms with van der Waals surface area (Å²) in [6.07, 6.45) is 4.86. The number of nitrogens with zero attached hydrogens (tertiary/aromatic N) is 1. The molecule has 1 aliphatic carbocycles. The number of ether oxygens (including phenoxy) is 1. The SMILES string of the molecule is C[C@@H]1CCC[C@@H](C(=O)O[C@H](C)C(=O)NCc2ccccn2)C1. The molecule has 5 heteroatoms. The minimum Gasteiger partial charge on any atom is -0.452 e. The maximum absolute atomic E-state index is 12.1. The van der Waals surface area contributed by atoms with E-state index in [-0.39, 0.29) is 17.8 Å². The van der Waals surface area contributed by atoms with Crippen LogP contribution in [0.1, 0.15) is 45.2 Å². The van der Waals surface area contributed by atoms with Gasteiger partial charge in [-0.05, 0) is 37.8 Å². The van der Waals surface area contributed by atoms with Gasteiger partial charge < -0.3 is 10.1 Å². The Morgan fingerprint density at radius 3 is 2.91 bits per heavy atom. The Morgan fingerprint density at radius 1 is 1.41 bits per heavy atom. The van der Waals surface area contributed by atoms with Gasteiger partial charge in [0.25, 0.3) is 5.91 Å². The van der Waals surface area contributed by atoms with Crippen LogP contribution in [0.5, 0.6) is 0 Å². The van der Waals surface area contributed by atoms with Crippen LogP contribution >= 0.6 is 0 Å². The Morgan fingerprint density at radius 2 is 2.23 bits per heavy atom. The molecule has 22 heavy (non-hydrogen) atoms. The third kappa shape index (κ3) is 4.83. The van der Waals surface area contributed by atoms with Gasteiger partial charge >= 0.3 is 5.97 Å². The fraction of sp³-hybridized carbons (Fsp3) is 0.588. The van der Waals surface area contributed by atoms with Gasteiger partial charge in [-0.25, -0.2) is 0 Å². The van der Waals surface area contributed by atoms with Crippen molar-refractivity contribution < 1.29 is 14.3 Å². The van der Waals surface area contributed by atoms with Gasteiger partial charge in [0.2, 0.25) is 0 Å². The molecule has 1 aliphatic rings. The highest BCUT2D eigenvalue weighted by molar-refractivity contribution is 5.83. The highest BCUT2D eigenvalue weighted by Crippen LogP contribution is 2.29. The topological polar surface area (TPSA) is 68.3 Å². The molecule has 1 fully saturated rings. The van der Waals surface area contributed by atoms with E-state index in [2.05, 4.69) is 17.2 Å². The van der Waals surface area contributed by atoms with Gasteiger partial charge in [0.1, 0.15) is 0 Å². The lowest BCUT2D eigenvalue weighted by atomic mass is 9.82. The molecule has 1 N–H and O–H groups in total. The standard InChI is InChI=1S/C17H24N2O3/c1-12-6-5-7-14(10-12)17(21)22-13(2)16(20)19-11-15-8-3-4-9-18-15/h3-4,8-9,12-14H,5-7,10-11H2,1-2H3,(H,19,20)/t12-,13-,14-/m1/s1. The molecular weight excluding hydrogens is 280 g/mol. The summed E-state index contributed by atoms with van der Waals surface area (Å²) in [6.45, 7) is 4.10. The smallest absolute Gasteiger partial charge is 0.309 e. The van der Waals surface area contributed by atoms with Gasteiger partial charge in [-0.3, -0.25) is 14.6 Å². The number of rotatable bonds is 5. The maximum Gasteiger partial charge on any atom is 0.309 e. The molecule has 1 aromatic rings. The number of carbonyl (C=O) groups excluding carboxylic acids is 2. The van der Waals surface area contributed by atoms with Crippen molar-refractivity contribution in [3.63, 3.8) is 0 Å². The first-order chi connectivity index (χ1) is 10.6. The van der Waals surface area contributed by atoms with Crippen LogP contribution in [-0.4, -0.2) is 23.0 Å². The minimum atomic E-state index is -0.770. The van der Waals surface area contributed by atoms with Crippen molar-refractivity contribution in [1.29, 1.82) is 0 Å². The van der Waals surface area contributed by atoms with Crippen LogP contribution in [-0.2, 0) is 20.9 Å². The fourth-order valence-corrected chi connectivity index (χ4v) is 2.80. The first-order valence-electron chi connectivity index (χ1n) is 7.94. The predicted molar refractivity (Wildman–Crippen MR) is 82.8 cm³/mol. The molecule has 1 saturated carbocycles. The number of hydrogen-bond acceptors (Lipinski definition) is 4. The van der Waals surface area contributed by atoms with Crippen molar-refractivity contribution in [2.75, 3.05) is 0 Å². The number of amides is 1. The molecule has 0 bridgehead atoms. The van der Waals surface area contributed by atoms with Crippen molar-refractivity contribution in [1.82, 2.24) is 10.3 Å². The van der Waals surface area contributed by atoms with E-state index in [0.717, 1.165) is 25.0 Å². The van der Waals surface area contributed by atoms with Crippen molar-refractivity contribution in [2.45, 2.75) is 52.2 Å². The summed E-state index contributed by atoms with van der Waals surface area (Å²) in [6, 6.07) is 5.52. The first-order valence-corrected chi connectivity index (χ1v) is 7.94. The number of nitrogens with one attached hydrogen (secondary N) is 1. The molecular formula is C17H24N2O3. The zero-order valence-corrected chi connectivity index (χ0v) is 13.2. The highest BCUT2D eigenvalue weighted by Gasteiger charge is 2.28. The Balaban J connectivity index is 1.77. The summed E-state index contributed by atoms with van der Waals surface area (Å²) >= 11 is 0. The zero-order chi connectivity index (χ0) is 15.9.